The van der Waals surface area contributed by atoms with Gasteiger partial charge in [-0.05, 0) is 25.0 Å². The van der Waals surface area contributed by atoms with Gasteiger partial charge in [-0.2, -0.15) is 4.98 Å². The van der Waals surface area contributed by atoms with Gasteiger partial charge in [-0.25, -0.2) is 0 Å². The highest BCUT2D eigenvalue weighted by Crippen LogP contribution is 2.25. The fourth-order valence-electron chi connectivity index (χ4n) is 2.52. The predicted molar refractivity (Wildman–Crippen MR) is 101 cm³/mol. The smallest absolute Gasteiger partial charge is 0.228 e. The number of benzene rings is 1. The molecule has 25 heavy (non-hydrogen) atoms. The predicted octanol–water partition coefficient (Wildman–Crippen LogP) is 3.24. The molecule has 0 aliphatic heterocycles. The van der Waals surface area contributed by atoms with Crippen LogP contribution in [0.25, 0.3) is 11.4 Å². The third-order valence-electron chi connectivity index (χ3n) is 4.40. The van der Waals surface area contributed by atoms with E-state index in [1.807, 2.05) is 26.0 Å². The minimum absolute atomic E-state index is 0. The lowest BCUT2D eigenvalue weighted by atomic mass is 9.81. The molecule has 0 aliphatic rings. The molecule has 2 rings (SSSR count). The summed E-state index contributed by atoms with van der Waals surface area (Å²) in [5.41, 5.74) is 6.07. The van der Waals surface area contributed by atoms with Crippen molar-refractivity contribution in [3.8, 4) is 11.4 Å². The molecule has 0 radical (unpaired) electrons. The standard InChI is InChI=1S/C17H23ClN4O2.ClH/c1-3-17(4-2,11-19)16(23)20-9-8-14-21-15(22-24-14)12-6-5-7-13(18)10-12;/h5-7,10H,3-4,8-9,11,19H2,1-2H3,(H,20,23);1H. The first-order valence-corrected chi connectivity index (χ1v) is 8.49. The van der Waals surface area contributed by atoms with Crippen LogP contribution in [0.2, 0.25) is 5.02 Å². The van der Waals surface area contributed by atoms with Crippen molar-refractivity contribution >= 4 is 29.9 Å². The molecule has 6 nitrogen and oxygen atoms in total. The molecule has 0 unspecified atom stereocenters. The lowest BCUT2D eigenvalue weighted by Gasteiger charge is -2.28. The molecular formula is C17H24Cl2N4O2. The quantitative estimate of drug-likeness (QED) is 0.725. The molecular weight excluding hydrogens is 363 g/mol. The van der Waals surface area contributed by atoms with Crippen LogP contribution in [0.15, 0.2) is 28.8 Å². The lowest BCUT2D eigenvalue weighted by molar-refractivity contribution is -0.131. The van der Waals surface area contributed by atoms with E-state index in [4.69, 9.17) is 21.9 Å². The number of amides is 1. The molecule has 2 aromatic rings. The van der Waals surface area contributed by atoms with E-state index >= 15 is 0 Å². The van der Waals surface area contributed by atoms with Gasteiger partial charge < -0.3 is 15.6 Å². The maximum absolute atomic E-state index is 12.3. The summed E-state index contributed by atoms with van der Waals surface area (Å²) in [5, 5.41) is 7.47. The first kappa shape index (κ1) is 21.4. The van der Waals surface area contributed by atoms with Gasteiger partial charge in [0, 0.05) is 30.1 Å². The average Bonchev–Trinajstić information content (AvgIpc) is 3.06. The number of nitrogens with zero attached hydrogens (tertiary/aromatic N) is 2. The third kappa shape index (κ3) is 5.17. The molecule has 0 bridgehead atoms. The molecule has 8 heteroatoms. The summed E-state index contributed by atoms with van der Waals surface area (Å²) >= 11 is 5.96. The Morgan fingerprint density at radius 2 is 2.08 bits per heavy atom. The fraction of sp³-hybridized carbons (Fsp3) is 0.471. The Balaban J connectivity index is 0.00000312. The zero-order valence-electron chi connectivity index (χ0n) is 14.4. The number of hydrogen-bond donors (Lipinski definition) is 2. The summed E-state index contributed by atoms with van der Waals surface area (Å²) in [6, 6.07) is 7.25. The maximum Gasteiger partial charge on any atom is 0.228 e. The Morgan fingerprint density at radius 3 is 2.68 bits per heavy atom. The number of nitrogens with two attached hydrogens (primary N) is 1. The van der Waals surface area contributed by atoms with E-state index in [0.717, 1.165) is 5.56 Å². The van der Waals surface area contributed by atoms with Crippen LogP contribution in [-0.4, -0.2) is 29.1 Å². The Bertz CT molecular complexity index is 679. The Labute approximate surface area is 158 Å². The number of nitrogens with one attached hydrogen (secondary N) is 1. The van der Waals surface area contributed by atoms with Crippen molar-refractivity contribution in [2.75, 3.05) is 13.1 Å². The van der Waals surface area contributed by atoms with Crippen LogP contribution in [0.4, 0.5) is 0 Å². The van der Waals surface area contributed by atoms with Crippen molar-refractivity contribution in [3.63, 3.8) is 0 Å². The normalized spacial score (nSPS) is 11.0. The average molecular weight is 387 g/mol. The maximum atomic E-state index is 12.3. The molecule has 1 heterocycles. The number of carbonyl (C=O) groups is 1. The number of aromatic nitrogens is 2. The zero-order chi connectivity index (χ0) is 17.6. The van der Waals surface area contributed by atoms with Gasteiger partial charge in [0.1, 0.15) is 0 Å². The molecule has 0 saturated carbocycles. The van der Waals surface area contributed by atoms with E-state index in [1.165, 1.54) is 0 Å². The third-order valence-corrected chi connectivity index (χ3v) is 4.64. The van der Waals surface area contributed by atoms with Gasteiger partial charge in [0.25, 0.3) is 0 Å². The van der Waals surface area contributed by atoms with Crippen LogP contribution < -0.4 is 11.1 Å². The monoisotopic (exact) mass is 386 g/mol. The van der Waals surface area contributed by atoms with Crippen molar-refractivity contribution in [1.82, 2.24) is 15.5 Å². The molecule has 138 valence electrons. The number of rotatable bonds is 8. The number of halogens is 2. The highest BCUT2D eigenvalue weighted by atomic mass is 35.5. The van der Waals surface area contributed by atoms with E-state index in [-0.39, 0.29) is 18.3 Å². The van der Waals surface area contributed by atoms with E-state index in [9.17, 15) is 4.79 Å². The van der Waals surface area contributed by atoms with Crippen LogP contribution in [0.3, 0.4) is 0 Å². The summed E-state index contributed by atoms with van der Waals surface area (Å²) in [7, 11) is 0. The van der Waals surface area contributed by atoms with Crippen molar-refractivity contribution in [2.45, 2.75) is 33.1 Å². The second kappa shape index (κ2) is 9.75. The van der Waals surface area contributed by atoms with Crippen LogP contribution in [0.1, 0.15) is 32.6 Å². The van der Waals surface area contributed by atoms with Gasteiger partial charge in [-0.15, -0.1) is 12.4 Å². The van der Waals surface area contributed by atoms with Gasteiger partial charge in [0.05, 0.1) is 5.41 Å². The van der Waals surface area contributed by atoms with E-state index in [2.05, 4.69) is 15.5 Å². The lowest BCUT2D eigenvalue weighted by Crippen LogP contribution is -2.45. The van der Waals surface area contributed by atoms with Crippen LogP contribution in [-0.2, 0) is 11.2 Å². The molecule has 0 aliphatic carbocycles. The summed E-state index contributed by atoms with van der Waals surface area (Å²) in [6.45, 7) is 4.72. The summed E-state index contributed by atoms with van der Waals surface area (Å²) in [5.74, 6) is 0.929. The van der Waals surface area contributed by atoms with E-state index < -0.39 is 5.41 Å². The summed E-state index contributed by atoms with van der Waals surface area (Å²) in [6.07, 6.45) is 1.89. The van der Waals surface area contributed by atoms with Crippen LogP contribution in [0, 0.1) is 5.41 Å². The van der Waals surface area contributed by atoms with Gasteiger partial charge in [-0.3, -0.25) is 4.79 Å². The fourth-order valence-corrected chi connectivity index (χ4v) is 2.71. The molecule has 0 fully saturated rings. The van der Waals surface area contributed by atoms with Crippen LogP contribution >= 0.6 is 24.0 Å². The van der Waals surface area contributed by atoms with Gasteiger partial charge >= 0.3 is 0 Å². The Morgan fingerprint density at radius 1 is 1.36 bits per heavy atom. The Hall–Kier alpha value is -1.63. The van der Waals surface area contributed by atoms with Crippen molar-refractivity contribution in [1.29, 1.82) is 0 Å². The van der Waals surface area contributed by atoms with E-state index in [0.29, 0.717) is 49.1 Å². The molecule has 0 spiro atoms. The van der Waals surface area contributed by atoms with Gasteiger partial charge in [0.2, 0.25) is 17.6 Å². The first-order chi connectivity index (χ1) is 11.5. The SMILES string of the molecule is CCC(CC)(CN)C(=O)NCCc1nc(-c2cccc(Cl)c2)no1.Cl. The molecule has 1 aromatic carbocycles. The van der Waals surface area contributed by atoms with Crippen molar-refractivity contribution < 1.29 is 9.32 Å². The number of hydrogen-bond acceptors (Lipinski definition) is 5. The van der Waals surface area contributed by atoms with Crippen molar-refractivity contribution in [3.05, 3.63) is 35.2 Å². The summed E-state index contributed by atoms with van der Waals surface area (Å²) < 4.78 is 5.23. The number of carbonyl (C=O) groups excluding carboxylic acids is 1. The van der Waals surface area contributed by atoms with E-state index in [1.54, 1.807) is 12.1 Å². The second-order valence-electron chi connectivity index (χ2n) is 5.72. The highest BCUT2D eigenvalue weighted by molar-refractivity contribution is 6.30. The molecule has 1 amide bonds. The van der Waals surface area contributed by atoms with Crippen LogP contribution in [0.5, 0.6) is 0 Å². The molecule has 0 saturated heterocycles. The highest BCUT2D eigenvalue weighted by Gasteiger charge is 2.32. The molecule has 1 aromatic heterocycles. The first-order valence-electron chi connectivity index (χ1n) is 8.11. The molecule has 3 N–H and O–H groups in total. The molecule has 0 atom stereocenters. The minimum Gasteiger partial charge on any atom is -0.355 e. The van der Waals surface area contributed by atoms with Crippen molar-refractivity contribution in [2.24, 2.45) is 11.1 Å². The summed E-state index contributed by atoms with van der Waals surface area (Å²) in [4.78, 5) is 16.7. The minimum atomic E-state index is -0.499. The topological polar surface area (TPSA) is 94.0 Å². The second-order valence-corrected chi connectivity index (χ2v) is 6.16. The largest absolute Gasteiger partial charge is 0.355 e. The Kier molecular flexibility index (Phi) is 8.35. The van der Waals surface area contributed by atoms with Gasteiger partial charge in [-0.1, -0.05) is 42.7 Å². The van der Waals surface area contributed by atoms with Gasteiger partial charge in [0.15, 0.2) is 0 Å². The zero-order valence-corrected chi connectivity index (χ0v) is 16.0.